The topological polar surface area (TPSA) is 62.1 Å². The molecule has 0 spiro atoms. The molecule has 7 heteroatoms. The first-order chi connectivity index (χ1) is 14.9. The summed E-state index contributed by atoms with van der Waals surface area (Å²) in [5, 5.41) is 13.6. The molecule has 0 atom stereocenters. The lowest BCUT2D eigenvalue weighted by Crippen LogP contribution is -2.14. The van der Waals surface area contributed by atoms with Gasteiger partial charge in [0.25, 0.3) is 5.91 Å². The van der Waals surface area contributed by atoms with E-state index in [2.05, 4.69) is 5.32 Å². The van der Waals surface area contributed by atoms with Crippen molar-refractivity contribution in [3.8, 4) is 11.8 Å². The molecule has 0 heterocycles. The van der Waals surface area contributed by atoms with Crippen molar-refractivity contribution in [1.29, 1.82) is 5.26 Å². The first kappa shape index (κ1) is 22.7. The molecule has 1 N–H and O–H groups in total. The van der Waals surface area contributed by atoms with Gasteiger partial charge in [-0.2, -0.15) is 5.26 Å². The number of anilines is 1. The van der Waals surface area contributed by atoms with E-state index < -0.39 is 5.91 Å². The Bertz CT molecular complexity index is 1200. The van der Waals surface area contributed by atoms with Crippen LogP contribution >= 0.6 is 34.8 Å². The van der Waals surface area contributed by atoms with Gasteiger partial charge in [-0.05, 0) is 54.5 Å². The first-order valence-electron chi connectivity index (χ1n) is 9.22. The van der Waals surface area contributed by atoms with Crippen LogP contribution in [-0.4, -0.2) is 5.91 Å². The Morgan fingerprint density at radius 1 is 1.06 bits per heavy atom. The second-order valence-corrected chi connectivity index (χ2v) is 7.90. The number of halogens is 3. The predicted octanol–water partition coefficient (Wildman–Crippen LogP) is 7.08. The summed E-state index contributed by atoms with van der Waals surface area (Å²) in [4.78, 5) is 12.5. The van der Waals surface area contributed by atoms with Crippen molar-refractivity contribution in [2.24, 2.45) is 0 Å². The Morgan fingerprint density at radius 2 is 1.84 bits per heavy atom. The Labute approximate surface area is 195 Å². The highest BCUT2D eigenvalue weighted by Gasteiger charge is 2.12. The summed E-state index contributed by atoms with van der Waals surface area (Å²) in [5.74, 6) is -0.0432. The Balaban J connectivity index is 1.73. The van der Waals surface area contributed by atoms with Crippen LogP contribution in [0.15, 0.2) is 66.2 Å². The molecule has 0 radical (unpaired) electrons. The second kappa shape index (κ2) is 10.4. The summed E-state index contributed by atoms with van der Waals surface area (Å²) in [6.45, 7) is 2.09. The van der Waals surface area contributed by atoms with Crippen molar-refractivity contribution in [3.05, 3.63) is 98.0 Å². The minimum absolute atomic E-state index is 0.0408. The number of hydrogen-bond acceptors (Lipinski definition) is 3. The SMILES string of the molecule is Cc1ccccc1NC(=O)/C(C#N)=C/c1ccc(OCc2ccc(Cl)cc2Cl)c(Cl)c1. The van der Waals surface area contributed by atoms with Crippen molar-refractivity contribution in [3.63, 3.8) is 0 Å². The fourth-order valence-electron chi connectivity index (χ4n) is 2.74. The summed E-state index contributed by atoms with van der Waals surface area (Å²) in [5.41, 5.74) is 2.87. The number of nitrogens with one attached hydrogen (secondary N) is 1. The molecule has 31 heavy (non-hydrogen) atoms. The fraction of sp³-hybridized carbons (Fsp3) is 0.0833. The third-order valence-electron chi connectivity index (χ3n) is 4.42. The van der Waals surface area contributed by atoms with Crippen molar-refractivity contribution in [2.45, 2.75) is 13.5 Å². The van der Waals surface area contributed by atoms with Crippen LogP contribution in [0, 0.1) is 18.3 Å². The summed E-state index contributed by atoms with van der Waals surface area (Å²) >= 11 is 18.4. The zero-order valence-electron chi connectivity index (χ0n) is 16.5. The number of aryl methyl sites for hydroxylation is 1. The van der Waals surface area contributed by atoms with E-state index in [4.69, 9.17) is 39.5 Å². The maximum absolute atomic E-state index is 12.5. The van der Waals surface area contributed by atoms with E-state index >= 15 is 0 Å². The van der Waals surface area contributed by atoms with Crippen molar-refractivity contribution in [1.82, 2.24) is 0 Å². The van der Waals surface area contributed by atoms with Crippen molar-refractivity contribution < 1.29 is 9.53 Å². The average Bonchev–Trinajstić information content (AvgIpc) is 2.74. The van der Waals surface area contributed by atoms with Crippen LogP contribution in [0.1, 0.15) is 16.7 Å². The second-order valence-electron chi connectivity index (χ2n) is 6.65. The van der Waals surface area contributed by atoms with E-state index in [1.54, 1.807) is 42.5 Å². The first-order valence-corrected chi connectivity index (χ1v) is 10.4. The minimum Gasteiger partial charge on any atom is -0.487 e. The van der Waals surface area contributed by atoms with Crippen LogP contribution in [-0.2, 0) is 11.4 Å². The van der Waals surface area contributed by atoms with Gasteiger partial charge in [-0.15, -0.1) is 0 Å². The molecule has 0 aliphatic rings. The lowest BCUT2D eigenvalue weighted by molar-refractivity contribution is -0.112. The summed E-state index contributed by atoms with van der Waals surface area (Å²) in [7, 11) is 0. The quantitative estimate of drug-likeness (QED) is 0.308. The lowest BCUT2D eigenvalue weighted by atomic mass is 10.1. The molecule has 0 unspecified atom stereocenters. The largest absolute Gasteiger partial charge is 0.487 e. The molecule has 0 saturated carbocycles. The molecule has 3 aromatic rings. The molecule has 0 aromatic heterocycles. The number of carbonyl (C=O) groups is 1. The molecule has 3 rings (SSSR count). The number of hydrogen-bond donors (Lipinski definition) is 1. The highest BCUT2D eigenvalue weighted by Crippen LogP contribution is 2.29. The van der Waals surface area contributed by atoms with Crippen LogP contribution in [0.5, 0.6) is 5.75 Å². The average molecular weight is 472 g/mol. The molecule has 0 fully saturated rings. The van der Waals surface area contributed by atoms with Gasteiger partial charge in [0.05, 0.1) is 5.02 Å². The third-order valence-corrected chi connectivity index (χ3v) is 5.31. The van der Waals surface area contributed by atoms with Gasteiger partial charge in [-0.3, -0.25) is 4.79 Å². The number of nitriles is 1. The third kappa shape index (κ3) is 6.02. The van der Waals surface area contributed by atoms with Crippen LogP contribution in [0.25, 0.3) is 6.08 Å². The molecule has 156 valence electrons. The van der Waals surface area contributed by atoms with Crippen LogP contribution in [0.2, 0.25) is 15.1 Å². The van der Waals surface area contributed by atoms with Crippen molar-refractivity contribution >= 4 is 52.5 Å². The number of nitrogens with zero attached hydrogens (tertiary/aromatic N) is 1. The monoisotopic (exact) mass is 470 g/mol. The van der Waals surface area contributed by atoms with E-state index in [0.29, 0.717) is 32.1 Å². The van der Waals surface area contributed by atoms with Crippen LogP contribution in [0.4, 0.5) is 5.69 Å². The summed E-state index contributed by atoms with van der Waals surface area (Å²) < 4.78 is 5.75. The Morgan fingerprint density at radius 3 is 2.52 bits per heavy atom. The highest BCUT2D eigenvalue weighted by atomic mass is 35.5. The van der Waals surface area contributed by atoms with Gasteiger partial charge in [-0.1, -0.05) is 65.1 Å². The normalized spacial score (nSPS) is 11.0. The molecular formula is C24H17Cl3N2O2. The van der Waals surface area contributed by atoms with E-state index in [9.17, 15) is 10.1 Å². The lowest BCUT2D eigenvalue weighted by Gasteiger charge is -2.10. The van der Waals surface area contributed by atoms with E-state index in [0.717, 1.165) is 11.1 Å². The molecule has 0 saturated heterocycles. The highest BCUT2D eigenvalue weighted by molar-refractivity contribution is 6.35. The molecule has 0 bridgehead atoms. The minimum atomic E-state index is -0.495. The number of ether oxygens (including phenoxy) is 1. The van der Waals surface area contributed by atoms with Gasteiger partial charge < -0.3 is 10.1 Å². The number of benzene rings is 3. The maximum atomic E-state index is 12.5. The summed E-state index contributed by atoms with van der Waals surface area (Å²) in [6.07, 6.45) is 1.47. The van der Waals surface area contributed by atoms with Gasteiger partial charge >= 0.3 is 0 Å². The van der Waals surface area contributed by atoms with Crippen LogP contribution in [0.3, 0.4) is 0 Å². The van der Waals surface area contributed by atoms with Gasteiger partial charge in [0.1, 0.15) is 24.0 Å². The number of carbonyl (C=O) groups excluding carboxylic acids is 1. The molecule has 4 nitrogen and oxygen atoms in total. The molecule has 0 aliphatic carbocycles. The van der Waals surface area contributed by atoms with Gasteiger partial charge in [-0.25, -0.2) is 0 Å². The maximum Gasteiger partial charge on any atom is 0.266 e. The fourth-order valence-corrected chi connectivity index (χ4v) is 3.44. The molecule has 3 aromatic carbocycles. The molecule has 0 aliphatic heterocycles. The number of para-hydroxylation sites is 1. The molecule has 1 amide bonds. The summed E-state index contributed by atoms with van der Waals surface area (Å²) in [6, 6.07) is 19.4. The smallest absolute Gasteiger partial charge is 0.266 e. The predicted molar refractivity (Wildman–Crippen MR) is 126 cm³/mol. The number of amides is 1. The zero-order valence-corrected chi connectivity index (χ0v) is 18.7. The Kier molecular flexibility index (Phi) is 7.59. The van der Waals surface area contributed by atoms with E-state index in [1.807, 2.05) is 31.2 Å². The zero-order chi connectivity index (χ0) is 22.4. The van der Waals surface area contributed by atoms with Gasteiger partial charge in [0.15, 0.2) is 0 Å². The van der Waals surface area contributed by atoms with Gasteiger partial charge in [0, 0.05) is 21.3 Å². The Hall–Kier alpha value is -2.97. The van der Waals surface area contributed by atoms with Gasteiger partial charge in [0.2, 0.25) is 0 Å². The van der Waals surface area contributed by atoms with E-state index in [-0.39, 0.29) is 12.2 Å². The standard InChI is InChI=1S/C24H17Cl3N2O2/c1-15-4-2-3-5-22(15)29-24(30)18(13-28)10-16-6-9-23(21(27)11-16)31-14-17-7-8-19(25)12-20(17)26/h2-12H,14H2,1H3,(H,29,30)/b18-10+. The van der Waals surface area contributed by atoms with Crippen LogP contribution < -0.4 is 10.1 Å². The molecular weight excluding hydrogens is 455 g/mol. The number of rotatable bonds is 6. The van der Waals surface area contributed by atoms with Crippen molar-refractivity contribution in [2.75, 3.05) is 5.32 Å². The van der Waals surface area contributed by atoms with E-state index in [1.165, 1.54) is 6.08 Å².